The molecule has 0 saturated heterocycles. The number of nitrogens with two attached hydrogens (primary N) is 1. The molecule has 0 radical (unpaired) electrons. The van der Waals surface area contributed by atoms with E-state index >= 15 is 0 Å². The first-order chi connectivity index (χ1) is 16.8. The topological polar surface area (TPSA) is 101 Å². The summed E-state index contributed by atoms with van der Waals surface area (Å²) in [6, 6.07) is 9.70. The van der Waals surface area contributed by atoms with Crippen molar-refractivity contribution in [1.29, 1.82) is 0 Å². The summed E-state index contributed by atoms with van der Waals surface area (Å²) in [5.74, 6) is 0.109. The molecule has 1 aliphatic carbocycles. The van der Waals surface area contributed by atoms with Crippen LogP contribution in [-0.4, -0.2) is 30.7 Å². The number of anilines is 1. The van der Waals surface area contributed by atoms with E-state index in [1.165, 1.54) is 6.07 Å². The van der Waals surface area contributed by atoms with E-state index in [0.717, 1.165) is 34.5 Å². The molecule has 0 aromatic carbocycles. The Bertz CT molecular complexity index is 1370. The Balaban J connectivity index is 1.43. The van der Waals surface area contributed by atoms with Crippen LogP contribution in [-0.2, 0) is 36.9 Å². The average molecular weight is 480 g/mol. The van der Waals surface area contributed by atoms with Crippen molar-refractivity contribution in [3.8, 4) is 0 Å². The summed E-state index contributed by atoms with van der Waals surface area (Å²) < 4.78 is 38.9. The Morgan fingerprint density at radius 2 is 1.97 bits per heavy atom. The molecule has 180 valence electrons. The van der Waals surface area contributed by atoms with Crippen LogP contribution in [0.1, 0.15) is 34.5 Å². The molecule has 1 atom stereocenters. The Kier molecular flexibility index (Phi) is 5.88. The van der Waals surface area contributed by atoms with E-state index in [9.17, 15) is 18.0 Å². The molecule has 0 fully saturated rings. The highest BCUT2D eigenvalue weighted by atomic mass is 19.4. The normalized spacial score (nSPS) is 15.7. The van der Waals surface area contributed by atoms with Gasteiger partial charge in [0.05, 0.1) is 17.8 Å². The van der Waals surface area contributed by atoms with E-state index in [1.807, 2.05) is 18.2 Å². The fourth-order valence-electron chi connectivity index (χ4n) is 4.55. The lowest BCUT2D eigenvalue weighted by Crippen LogP contribution is -2.38. The van der Waals surface area contributed by atoms with Gasteiger partial charge in [-0.2, -0.15) is 13.2 Å². The number of alkyl halides is 3. The zero-order chi connectivity index (χ0) is 24.6. The molecule has 4 heterocycles. The summed E-state index contributed by atoms with van der Waals surface area (Å²) in [7, 11) is 0. The number of aromatic amines is 1. The fraction of sp³-hybridized carbons (Fsp3) is 0.280. The van der Waals surface area contributed by atoms with Crippen LogP contribution in [0.5, 0.6) is 0 Å². The first-order valence-electron chi connectivity index (χ1n) is 11.2. The number of H-pyrrole nitrogens is 1. The second-order valence-corrected chi connectivity index (χ2v) is 8.72. The second kappa shape index (κ2) is 9.01. The van der Waals surface area contributed by atoms with Crippen molar-refractivity contribution in [2.75, 3.05) is 5.73 Å². The van der Waals surface area contributed by atoms with E-state index in [0.29, 0.717) is 36.4 Å². The molecule has 0 aliphatic heterocycles. The number of fused-ring (bicyclic) bond motifs is 2. The maximum absolute atomic E-state index is 13.7. The van der Waals surface area contributed by atoms with Crippen LogP contribution in [0, 0.1) is 5.92 Å². The smallest absolute Gasteiger partial charge is 0.384 e. The number of carbonyl (C=O) groups is 1. The summed E-state index contributed by atoms with van der Waals surface area (Å²) in [6.07, 6.45) is 1.58. The van der Waals surface area contributed by atoms with Gasteiger partial charge in [-0.1, -0.05) is 6.07 Å². The second-order valence-electron chi connectivity index (χ2n) is 8.72. The molecule has 0 unspecified atom stereocenters. The lowest BCUT2D eigenvalue weighted by atomic mass is 9.85. The number of pyridine rings is 3. The number of carbonyl (C=O) groups excluding carboxylic acids is 1. The van der Waals surface area contributed by atoms with Crippen molar-refractivity contribution in [3.63, 3.8) is 0 Å². The van der Waals surface area contributed by atoms with E-state index in [1.54, 1.807) is 23.4 Å². The molecule has 35 heavy (non-hydrogen) atoms. The standard InChI is InChI=1S/C25H23F3N6O/c26-25(27,28)18-3-4-19(32-12-18)14-34(13-17-7-9-30-23-20(17)8-10-31-23)24(35)16-1-5-21-15(11-16)2-6-22(29)33-21/h2-4,6-10,12,16H,1,5,11,13-14H2,(H2,29,33)(H,30,31)/t16-/m0/s1. The van der Waals surface area contributed by atoms with Gasteiger partial charge in [-0.15, -0.1) is 0 Å². The molecule has 0 saturated carbocycles. The van der Waals surface area contributed by atoms with Crippen LogP contribution in [0.2, 0.25) is 0 Å². The largest absolute Gasteiger partial charge is 0.417 e. The predicted octanol–water partition coefficient (Wildman–Crippen LogP) is 4.29. The SMILES string of the molecule is Nc1ccc2c(n1)CC[C@H](C(=O)N(Cc1ccc(C(F)(F)F)cn1)Cc1ccnc3[nH]ccc13)C2. The number of halogens is 3. The molecule has 4 aromatic heterocycles. The van der Waals surface area contributed by atoms with Crippen molar-refractivity contribution >= 4 is 22.8 Å². The number of nitrogens with one attached hydrogen (secondary N) is 1. The number of nitrogens with zero attached hydrogens (tertiary/aromatic N) is 4. The van der Waals surface area contributed by atoms with Crippen LogP contribution in [0.25, 0.3) is 11.0 Å². The maximum Gasteiger partial charge on any atom is 0.417 e. The van der Waals surface area contributed by atoms with Crippen LogP contribution in [0.15, 0.2) is 55.0 Å². The van der Waals surface area contributed by atoms with Gasteiger partial charge in [-0.05, 0) is 60.7 Å². The number of nitrogen functional groups attached to an aromatic ring is 1. The highest BCUT2D eigenvalue weighted by Gasteiger charge is 2.32. The molecule has 0 bridgehead atoms. The van der Waals surface area contributed by atoms with Gasteiger partial charge in [-0.3, -0.25) is 9.78 Å². The van der Waals surface area contributed by atoms with Gasteiger partial charge >= 0.3 is 6.18 Å². The first kappa shape index (κ1) is 22.8. The van der Waals surface area contributed by atoms with Gasteiger partial charge in [0, 0.05) is 42.1 Å². The number of hydrogen-bond donors (Lipinski definition) is 2. The van der Waals surface area contributed by atoms with Crippen LogP contribution < -0.4 is 5.73 Å². The highest BCUT2D eigenvalue weighted by molar-refractivity contribution is 5.82. The summed E-state index contributed by atoms with van der Waals surface area (Å²) in [5, 5.41) is 0.888. The Labute approximate surface area is 199 Å². The third-order valence-corrected chi connectivity index (χ3v) is 6.36. The lowest BCUT2D eigenvalue weighted by Gasteiger charge is -2.30. The van der Waals surface area contributed by atoms with Crippen LogP contribution in [0.4, 0.5) is 19.0 Å². The van der Waals surface area contributed by atoms with Crippen LogP contribution >= 0.6 is 0 Å². The minimum absolute atomic E-state index is 0.0744. The van der Waals surface area contributed by atoms with Gasteiger partial charge < -0.3 is 15.6 Å². The molecular formula is C25H23F3N6O. The summed E-state index contributed by atoms with van der Waals surface area (Å²) in [4.78, 5) is 31.1. The molecular weight excluding hydrogens is 457 g/mol. The van der Waals surface area contributed by atoms with E-state index in [2.05, 4.69) is 19.9 Å². The fourth-order valence-corrected chi connectivity index (χ4v) is 4.55. The minimum Gasteiger partial charge on any atom is -0.384 e. The van der Waals surface area contributed by atoms with Gasteiger partial charge in [0.15, 0.2) is 0 Å². The molecule has 10 heteroatoms. The summed E-state index contributed by atoms with van der Waals surface area (Å²) in [6.45, 7) is 0.371. The minimum atomic E-state index is -4.47. The molecule has 3 N–H and O–H groups in total. The van der Waals surface area contributed by atoms with Crippen molar-refractivity contribution in [1.82, 2.24) is 24.8 Å². The van der Waals surface area contributed by atoms with Crippen molar-refractivity contribution in [2.45, 2.75) is 38.5 Å². The average Bonchev–Trinajstić information content (AvgIpc) is 3.32. The van der Waals surface area contributed by atoms with Gasteiger partial charge in [0.2, 0.25) is 5.91 Å². The summed E-state index contributed by atoms with van der Waals surface area (Å²) >= 11 is 0. The van der Waals surface area contributed by atoms with E-state index < -0.39 is 11.7 Å². The number of amides is 1. The van der Waals surface area contributed by atoms with E-state index in [4.69, 9.17) is 5.73 Å². The van der Waals surface area contributed by atoms with E-state index in [-0.39, 0.29) is 24.9 Å². The molecule has 4 aromatic rings. The molecule has 1 aliphatic rings. The molecule has 1 amide bonds. The molecule has 5 rings (SSSR count). The number of aromatic nitrogens is 4. The van der Waals surface area contributed by atoms with Gasteiger partial charge in [0.25, 0.3) is 0 Å². The third kappa shape index (κ3) is 4.82. The predicted molar refractivity (Wildman–Crippen MR) is 124 cm³/mol. The zero-order valence-electron chi connectivity index (χ0n) is 18.7. The lowest BCUT2D eigenvalue weighted by molar-refractivity contribution is -0.138. The highest BCUT2D eigenvalue weighted by Crippen LogP contribution is 2.30. The van der Waals surface area contributed by atoms with Gasteiger partial charge in [-0.25, -0.2) is 9.97 Å². The van der Waals surface area contributed by atoms with Crippen molar-refractivity contribution < 1.29 is 18.0 Å². The monoisotopic (exact) mass is 480 g/mol. The Morgan fingerprint density at radius 1 is 1.11 bits per heavy atom. The summed E-state index contributed by atoms with van der Waals surface area (Å²) in [5.41, 5.74) is 8.86. The maximum atomic E-state index is 13.7. The Hall–Kier alpha value is -3.95. The van der Waals surface area contributed by atoms with Crippen LogP contribution in [0.3, 0.4) is 0 Å². The Morgan fingerprint density at radius 3 is 2.74 bits per heavy atom. The number of aryl methyl sites for hydroxylation is 1. The quantitative estimate of drug-likeness (QED) is 0.444. The first-order valence-corrected chi connectivity index (χ1v) is 11.2. The number of hydrogen-bond acceptors (Lipinski definition) is 5. The molecule has 0 spiro atoms. The van der Waals surface area contributed by atoms with Gasteiger partial charge in [0.1, 0.15) is 11.5 Å². The molecule has 7 nitrogen and oxygen atoms in total. The zero-order valence-corrected chi connectivity index (χ0v) is 18.7. The van der Waals surface area contributed by atoms with Crippen molar-refractivity contribution in [2.24, 2.45) is 5.92 Å². The van der Waals surface area contributed by atoms with Crippen molar-refractivity contribution in [3.05, 3.63) is 83.1 Å². The number of rotatable bonds is 5. The third-order valence-electron chi connectivity index (χ3n) is 6.36.